The topological polar surface area (TPSA) is 46.2 Å². The summed E-state index contributed by atoms with van der Waals surface area (Å²) >= 11 is 0. The molecule has 1 aliphatic rings. The van der Waals surface area contributed by atoms with Crippen molar-refractivity contribution in [3.8, 4) is 0 Å². The molecule has 0 amide bonds. The molecule has 0 radical (unpaired) electrons. The molecule has 5 atom stereocenters. The Morgan fingerprint density at radius 3 is 2.30 bits per heavy atom. The summed E-state index contributed by atoms with van der Waals surface area (Å²) in [7, 11) is -0.358. The Bertz CT molecular complexity index is 683. The summed E-state index contributed by atoms with van der Waals surface area (Å²) in [6.07, 6.45) is 0.545. The van der Waals surface area contributed by atoms with Gasteiger partial charge in [0.15, 0.2) is 12.6 Å². The number of rotatable bonds is 9. The average molecular weight is 437 g/mol. The van der Waals surface area contributed by atoms with Crippen molar-refractivity contribution in [1.82, 2.24) is 0 Å². The predicted molar refractivity (Wildman–Crippen MR) is 123 cm³/mol. The van der Waals surface area contributed by atoms with E-state index in [0.717, 1.165) is 11.3 Å². The van der Waals surface area contributed by atoms with Gasteiger partial charge in [0, 0.05) is 25.7 Å². The van der Waals surface area contributed by atoms with Gasteiger partial charge in [0.1, 0.15) is 12.2 Å². The van der Waals surface area contributed by atoms with Crippen LogP contribution in [0, 0.1) is 5.92 Å². The number of hydrogen-bond acceptors (Lipinski definition) is 5. The van der Waals surface area contributed by atoms with Gasteiger partial charge in [-0.1, -0.05) is 58.0 Å². The number of methoxy groups -OCH3 is 1. The summed E-state index contributed by atoms with van der Waals surface area (Å²) in [6, 6.07) is 10.2. The zero-order valence-corrected chi connectivity index (χ0v) is 21.1. The number of benzene rings is 1. The van der Waals surface area contributed by atoms with Crippen molar-refractivity contribution in [2.75, 3.05) is 13.7 Å². The Balaban J connectivity index is 2.37. The van der Waals surface area contributed by atoms with Crippen LogP contribution in [0.1, 0.15) is 53.2 Å². The van der Waals surface area contributed by atoms with Crippen molar-refractivity contribution in [3.63, 3.8) is 0 Å². The number of ether oxygens (including phenoxy) is 4. The van der Waals surface area contributed by atoms with E-state index >= 15 is 0 Å². The zero-order valence-electron chi connectivity index (χ0n) is 20.1. The quantitative estimate of drug-likeness (QED) is 0.349. The highest BCUT2D eigenvalue weighted by atomic mass is 28.4. The van der Waals surface area contributed by atoms with Crippen LogP contribution in [0.25, 0.3) is 0 Å². The fourth-order valence-electron chi connectivity index (χ4n) is 3.26. The molecule has 0 fully saturated rings. The zero-order chi connectivity index (χ0) is 22.5. The van der Waals surface area contributed by atoms with Crippen LogP contribution in [0.15, 0.2) is 42.2 Å². The van der Waals surface area contributed by atoms with Gasteiger partial charge in [0.05, 0.1) is 5.76 Å². The van der Waals surface area contributed by atoms with Crippen molar-refractivity contribution in [2.45, 2.75) is 84.5 Å². The molecule has 1 heterocycles. The van der Waals surface area contributed by atoms with Gasteiger partial charge in [-0.3, -0.25) is 0 Å². The molecule has 0 N–H and O–H groups in total. The lowest BCUT2D eigenvalue weighted by Crippen LogP contribution is -2.46. The van der Waals surface area contributed by atoms with Crippen LogP contribution in [-0.2, 0) is 23.4 Å². The molecule has 2 rings (SSSR count). The Morgan fingerprint density at radius 1 is 1.13 bits per heavy atom. The van der Waals surface area contributed by atoms with Crippen LogP contribution in [0.5, 0.6) is 0 Å². The average Bonchev–Trinajstić information content (AvgIpc) is 2.68. The van der Waals surface area contributed by atoms with E-state index in [-0.39, 0.29) is 29.5 Å². The fourth-order valence-corrected chi connectivity index (χ4v) is 4.41. The van der Waals surface area contributed by atoms with Gasteiger partial charge in [-0.2, -0.15) is 0 Å². The van der Waals surface area contributed by atoms with Crippen molar-refractivity contribution in [2.24, 2.45) is 5.92 Å². The normalized spacial score (nSPS) is 24.8. The Kier molecular flexibility index (Phi) is 8.71. The molecule has 1 aliphatic heterocycles. The molecule has 170 valence electrons. The minimum absolute atomic E-state index is 0.00422. The molecule has 0 spiro atoms. The molecule has 0 aromatic heterocycles. The van der Waals surface area contributed by atoms with Crippen LogP contribution >= 0.6 is 0 Å². The van der Waals surface area contributed by atoms with Gasteiger partial charge < -0.3 is 23.4 Å². The largest absolute Gasteiger partial charge is 0.546 e. The summed E-state index contributed by atoms with van der Waals surface area (Å²) in [5.74, 6) is 0.933. The summed E-state index contributed by atoms with van der Waals surface area (Å²) in [4.78, 5) is 0. The molecule has 0 saturated carbocycles. The fraction of sp³-hybridized carbons (Fsp3) is 0.667. The van der Waals surface area contributed by atoms with Gasteiger partial charge in [-0.05, 0) is 37.5 Å². The summed E-state index contributed by atoms with van der Waals surface area (Å²) < 4.78 is 30.7. The molecule has 4 unspecified atom stereocenters. The van der Waals surface area contributed by atoms with Crippen molar-refractivity contribution >= 4 is 8.32 Å². The van der Waals surface area contributed by atoms with E-state index in [0.29, 0.717) is 6.61 Å². The maximum atomic E-state index is 6.71. The van der Waals surface area contributed by atoms with Gasteiger partial charge in [-0.25, -0.2) is 0 Å². The predicted octanol–water partition coefficient (Wildman–Crippen LogP) is 6.04. The molecule has 6 heteroatoms. The van der Waals surface area contributed by atoms with Crippen LogP contribution in [0.3, 0.4) is 0 Å². The molecule has 30 heavy (non-hydrogen) atoms. The minimum atomic E-state index is -2.01. The van der Waals surface area contributed by atoms with Crippen molar-refractivity contribution in [3.05, 3.63) is 47.7 Å². The van der Waals surface area contributed by atoms with Crippen LogP contribution in [0.2, 0.25) is 18.1 Å². The van der Waals surface area contributed by atoms with Gasteiger partial charge in [0.2, 0.25) is 8.32 Å². The first kappa shape index (κ1) is 25.1. The summed E-state index contributed by atoms with van der Waals surface area (Å²) in [6.45, 7) is 17.9. The first-order valence-corrected chi connectivity index (χ1v) is 13.8. The monoisotopic (exact) mass is 436 g/mol. The third-order valence-corrected chi connectivity index (χ3v) is 10.5. The maximum absolute atomic E-state index is 6.71. The first-order valence-electron chi connectivity index (χ1n) is 10.9. The van der Waals surface area contributed by atoms with Gasteiger partial charge in [0.25, 0.3) is 0 Å². The molecular weight excluding hydrogens is 396 g/mol. The molecule has 0 aliphatic carbocycles. The second-order valence-electron chi connectivity index (χ2n) is 9.42. The second kappa shape index (κ2) is 10.4. The highest BCUT2D eigenvalue weighted by Gasteiger charge is 2.44. The SMILES string of the molecule is CCOC(C)O[C@H](c1ccccc1)C1OC(OC)C=C(O[Si](C)(C)C(C)(C)C)C1C. The highest BCUT2D eigenvalue weighted by Crippen LogP contribution is 2.43. The lowest BCUT2D eigenvalue weighted by Gasteiger charge is -2.43. The third-order valence-electron chi connectivity index (χ3n) is 6.11. The smallest absolute Gasteiger partial charge is 0.250 e. The minimum Gasteiger partial charge on any atom is -0.546 e. The van der Waals surface area contributed by atoms with E-state index < -0.39 is 14.6 Å². The lowest BCUT2D eigenvalue weighted by molar-refractivity contribution is -0.232. The molecular formula is C24H40O5Si. The Morgan fingerprint density at radius 2 is 1.77 bits per heavy atom. The Hall–Kier alpha value is -1.18. The van der Waals surface area contributed by atoms with E-state index in [9.17, 15) is 0 Å². The van der Waals surface area contributed by atoms with E-state index in [1.165, 1.54) is 0 Å². The van der Waals surface area contributed by atoms with E-state index in [4.69, 9.17) is 23.4 Å². The third kappa shape index (κ3) is 6.17. The highest BCUT2D eigenvalue weighted by molar-refractivity contribution is 6.74. The second-order valence-corrected chi connectivity index (χ2v) is 14.1. The molecule has 1 aromatic rings. The maximum Gasteiger partial charge on any atom is 0.250 e. The molecule has 1 aromatic carbocycles. The van der Waals surface area contributed by atoms with Crippen molar-refractivity contribution < 1.29 is 23.4 Å². The standard InChI is InChI=1S/C24H40O5Si/c1-10-26-18(3)27-23(19-14-12-11-13-15-19)22-17(2)20(16-21(25-7)28-22)29-30(8,9)24(4,5)6/h11-18,21-23H,10H2,1-9H3/t17?,18?,21?,22?,23-/m1/s1. The van der Waals surface area contributed by atoms with Gasteiger partial charge >= 0.3 is 0 Å². The van der Waals surface area contributed by atoms with E-state index in [1.807, 2.05) is 38.1 Å². The van der Waals surface area contributed by atoms with E-state index in [1.54, 1.807) is 7.11 Å². The number of hydrogen-bond donors (Lipinski definition) is 0. The van der Waals surface area contributed by atoms with Crippen LogP contribution < -0.4 is 0 Å². The summed E-state index contributed by atoms with van der Waals surface area (Å²) in [5.41, 5.74) is 1.05. The van der Waals surface area contributed by atoms with Gasteiger partial charge in [-0.15, -0.1) is 0 Å². The van der Waals surface area contributed by atoms with Crippen LogP contribution in [-0.4, -0.2) is 40.7 Å². The Labute approximate surface area is 183 Å². The molecule has 0 bridgehead atoms. The van der Waals surface area contributed by atoms with Crippen LogP contribution in [0.4, 0.5) is 0 Å². The first-order chi connectivity index (χ1) is 14.0. The van der Waals surface area contributed by atoms with Crippen molar-refractivity contribution in [1.29, 1.82) is 0 Å². The lowest BCUT2D eigenvalue weighted by atomic mass is 9.91. The van der Waals surface area contributed by atoms with E-state index in [2.05, 4.69) is 52.9 Å². The molecule has 0 saturated heterocycles. The molecule has 5 nitrogen and oxygen atoms in total. The summed E-state index contributed by atoms with van der Waals surface area (Å²) in [5, 5.41) is 0.0999.